The van der Waals surface area contributed by atoms with E-state index in [0.717, 1.165) is 29.8 Å². The van der Waals surface area contributed by atoms with Crippen molar-refractivity contribution in [2.24, 2.45) is 0 Å². The molecule has 0 bridgehead atoms. The van der Waals surface area contributed by atoms with Crippen LogP contribution < -0.4 is 10.6 Å². The van der Waals surface area contributed by atoms with Gasteiger partial charge in [-0.2, -0.15) is 0 Å². The number of benzene rings is 2. The van der Waals surface area contributed by atoms with E-state index >= 15 is 0 Å². The molecule has 0 saturated carbocycles. The highest BCUT2D eigenvalue weighted by Gasteiger charge is 2.20. The number of hydrogen-bond acceptors (Lipinski definition) is 2. The number of nitrogens with zero attached hydrogens (tertiary/aromatic N) is 1. The summed E-state index contributed by atoms with van der Waals surface area (Å²) in [5, 5.41) is 6.33. The number of carbonyl (C=O) groups is 1. The summed E-state index contributed by atoms with van der Waals surface area (Å²) in [6, 6.07) is 14.8. The summed E-state index contributed by atoms with van der Waals surface area (Å²) >= 11 is 0. The maximum Gasteiger partial charge on any atom is 0.317 e. The van der Waals surface area contributed by atoms with E-state index in [9.17, 15) is 9.18 Å². The molecule has 4 nitrogen and oxygen atoms in total. The Morgan fingerprint density at radius 2 is 1.96 bits per heavy atom. The van der Waals surface area contributed by atoms with Crippen LogP contribution in [0.5, 0.6) is 0 Å². The minimum absolute atomic E-state index is 0.0100. The van der Waals surface area contributed by atoms with Crippen LogP contribution in [0.15, 0.2) is 48.5 Å². The van der Waals surface area contributed by atoms with Gasteiger partial charge in [-0.25, -0.2) is 9.18 Å². The predicted molar refractivity (Wildman–Crippen MR) is 93.4 cm³/mol. The molecule has 1 fully saturated rings. The SMILES string of the molecule is C[C@@H](Cc1ccc(F)cc1)Nc1ccccc1CN1CCNC1=O. The molecule has 0 spiro atoms. The molecular weight excluding hydrogens is 305 g/mol. The van der Waals surface area contributed by atoms with Crippen LogP contribution in [0.2, 0.25) is 0 Å². The molecule has 0 aliphatic carbocycles. The molecule has 2 N–H and O–H groups in total. The molecule has 0 unspecified atom stereocenters. The quantitative estimate of drug-likeness (QED) is 0.854. The molecule has 126 valence electrons. The van der Waals surface area contributed by atoms with Crippen LogP contribution in [-0.4, -0.2) is 30.1 Å². The second kappa shape index (κ2) is 7.34. The van der Waals surface area contributed by atoms with E-state index in [4.69, 9.17) is 0 Å². The lowest BCUT2D eigenvalue weighted by atomic mass is 10.1. The molecule has 0 radical (unpaired) electrons. The average Bonchev–Trinajstić information content (AvgIpc) is 2.96. The van der Waals surface area contributed by atoms with Gasteiger partial charge in [0.05, 0.1) is 0 Å². The van der Waals surface area contributed by atoms with Gasteiger partial charge >= 0.3 is 6.03 Å². The summed E-state index contributed by atoms with van der Waals surface area (Å²) in [6.45, 7) is 4.13. The number of amides is 2. The van der Waals surface area contributed by atoms with Gasteiger partial charge in [0.2, 0.25) is 0 Å². The number of rotatable bonds is 6. The third-order valence-electron chi connectivity index (χ3n) is 4.18. The number of para-hydroxylation sites is 1. The number of anilines is 1. The first-order valence-electron chi connectivity index (χ1n) is 8.23. The van der Waals surface area contributed by atoms with E-state index in [0.29, 0.717) is 13.1 Å². The van der Waals surface area contributed by atoms with Crippen molar-refractivity contribution in [1.82, 2.24) is 10.2 Å². The molecule has 0 aromatic heterocycles. The second-order valence-corrected chi connectivity index (χ2v) is 6.19. The number of nitrogens with one attached hydrogen (secondary N) is 2. The van der Waals surface area contributed by atoms with Crippen LogP contribution in [0.25, 0.3) is 0 Å². The Morgan fingerprint density at radius 3 is 2.67 bits per heavy atom. The first kappa shape index (κ1) is 16.3. The monoisotopic (exact) mass is 327 g/mol. The van der Waals surface area contributed by atoms with Crippen molar-refractivity contribution in [1.29, 1.82) is 0 Å². The smallest absolute Gasteiger partial charge is 0.317 e. The highest BCUT2D eigenvalue weighted by atomic mass is 19.1. The van der Waals surface area contributed by atoms with Crippen molar-refractivity contribution in [2.75, 3.05) is 18.4 Å². The maximum atomic E-state index is 13.0. The van der Waals surface area contributed by atoms with Crippen LogP contribution >= 0.6 is 0 Å². The topological polar surface area (TPSA) is 44.4 Å². The molecule has 1 atom stereocenters. The summed E-state index contributed by atoms with van der Waals surface area (Å²) in [5.74, 6) is -0.214. The standard InChI is InChI=1S/C19H22FN3O/c1-14(12-15-6-8-17(20)9-7-15)22-18-5-3-2-4-16(18)13-23-11-10-21-19(23)24/h2-9,14,22H,10-13H2,1H3,(H,21,24)/t14-/m0/s1. The number of urea groups is 1. The number of hydrogen-bond donors (Lipinski definition) is 2. The lowest BCUT2D eigenvalue weighted by Gasteiger charge is -2.21. The van der Waals surface area contributed by atoms with Gasteiger partial charge in [-0.15, -0.1) is 0 Å². The van der Waals surface area contributed by atoms with Gasteiger partial charge in [0.15, 0.2) is 0 Å². The molecule has 3 rings (SSSR count). The van der Waals surface area contributed by atoms with Crippen LogP contribution in [0.4, 0.5) is 14.9 Å². The zero-order valence-corrected chi connectivity index (χ0v) is 13.8. The Bertz CT molecular complexity index is 702. The fraction of sp³-hybridized carbons (Fsp3) is 0.316. The molecule has 1 aliphatic rings. The lowest BCUT2D eigenvalue weighted by Crippen LogP contribution is -2.28. The Balaban J connectivity index is 1.65. The predicted octanol–water partition coefficient (Wildman–Crippen LogP) is 3.39. The van der Waals surface area contributed by atoms with Gasteiger partial charge in [-0.1, -0.05) is 30.3 Å². The first-order valence-corrected chi connectivity index (χ1v) is 8.23. The summed E-state index contributed by atoms with van der Waals surface area (Å²) in [6.07, 6.45) is 0.804. The minimum atomic E-state index is -0.214. The van der Waals surface area contributed by atoms with Gasteiger partial charge < -0.3 is 15.5 Å². The molecule has 2 aromatic carbocycles. The minimum Gasteiger partial charge on any atom is -0.382 e. The highest BCUT2D eigenvalue weighted by molar-refractivity contribution is 5.76. The van der Waals surface area contributed by atoms with Crippen LogP contribution in [0, 0.1) is 5.82 Å². The molecule has 5 heteroatoms. The van der Waals surface area contributed by atoms with E-state index in [1.165, 1.54) is 12.1 Å². The van der Waals surface area contributed by atoms with E-state index in [1.54, 1.807) is 0 Å². The normalized spacial score (nSPS) is 15.2. The number of carbonyl (C=O) groups excluding carboxylic acids is 1. The molecular formula is C19H22FN3O. The number of halogens is 1. The van der Waals surface area contributed by atoms with Crippen molar-refractivity contribution in [3.05, 3.63) is 65.5 Å². The van der Waals surface area contributed by atoms with Crippen molar-refractivity contribution >= 4 is 11.7 Å². The van der Waals surface area contributed by atoms with Crippen molar-refractivity contribution in [3.8, 4) is 0 Å². The molecule has 1 aliphatic heterocycles. The van der Waals surface area contributed by atoms with Gasteiger partial charge in [0.25, 0.3) is 0 Å². The fourth-order valence-electron chi connectivity index (χ4n) is 2.96. The van der Waals surface area contributed by atoms with Crippen LogP contribution in [0.1, 0.15) is 18.1 Å². The zero-order valence-electron chi connectivity index (χ0n) is 13.8. The van der Waals surface area contributed by atoms with Gasteiger partial charge in [-0.3, -0.25) is 0 Å². The second-order valence-electron chi connectivity index (χ2n) is 6.19. The zero-order chi connectivity index (χ0) is 16.9. The largest absolute Gasteiger partial charge is 0.382 e. The third-order valence-corrected chi connectivity index (χ3v) is 4.18. The van der Waals surface area contributed by atoms with Gasteiger partial charge in [0, 0.05) is 31.4 Å². The van der Waals surface area contributed by atoms with Crippen molar-refractivity contribution in [2.45, 2.75) is 25.9 Å². The average molecular weight is 327 g/mol. The Kier molecular flexibility index (Phi) is 4.99. The van der Waals surface area contributed by atoms with E-state index in [1.807, 2.05) is 41.3 Å². The van der Waals surface area contributed by atoms with Gasteiger partial charge in [0.1, 0.15) is 5.82 Å². The highest BCUT2D eigenvalue weighted by Crippen LogP contribution is 2.20. The summed E-state index contributed by atoms with van der Waals surface area (Å²) in [4.78, 5) is 13.6. The van der Waals surface area contributed by atoms with Crippen molar-refractivity contribution in [3.63, 3.8) is 0 Å². The first-order chi connectivity index (χ1) is 11.6. The summed E-state index contributed by atoms with van der Waals surface area (Å²) < 4.78 is 13.0. The van der Waals surface area contributed by atoms with Gasteiger partial charge in [-0.05, 0) is 42.7 Å². The summed E-state index contributed by atoms with van der Waals surface area (Å²) in [5.41, 5.74) is 3.22. The Labute approximate surface area is 141 Å². The third kappa shape index (κ3) is 4.04. The maximum absolute atomic E-state index is 13.0. The Hall–Kier alpha value is -2.56. The fourth-order valence-corrected chi connectivity index (χ4v) is 2.96. The molecule has 24 heavy (non-hydrogen) atoms. The molecule has 1 saturated heterocycles. The molecule has 2 amide bonds. The van der Waals surface area contributed by atoms with E-state index in [-0.39, 0.29) is 17.9 Å². The molecule has 2 aromatic rings. The lowest BCUT2D eigenvalue weighted by molar-refractivity contribution is 0.215. The van der Waals surface area contributed by atoms with E-state index < -0.39 is 0 Å². The molecule has 1 heterocycles. The van der Waals surface area contributed by atoms with Crippen LogP contribution in [0.3, 0.4) is 0 Å². The van der Waals surface area contributed by atoms with Crippen molar-refractivity contribution < 1.29 is 9.18 Å². The van der Waals surface area contributed by atoms with Crippen LogP contribution in [-0.2, 0) is 13.0 Å². The Morgan fingerprint density at radius 1 is 1.21 bits per heavy atom. The van der Waals surface area contributed by atoms with E-state index in [2.05, 4.69) is 17.6 Å². The summed E-state index contributed by atoms with van der Waals surface area (Å²) in [7, 11) is 0.